The summed E-state index contributed by atoms with van der Waals surface area (Å²) < 4.78 is 38.9. The Labute approximate surface area is 99.8 Å². The van der Waals surface area contributed by atoms with Crippen molar-refractivity contribution in [3.05, 3.63) is 0 Å². The van der Waals surface area contributed by atoms with Gasteiger partial charge in [-0.15, -0.1) is 0 Å². The topological polar surface area (TPSA) is 49.5 Å². The predicted molar refractivity (Wildman–Crippen MR) is 59.5 cm³/mol. The number of hydrogen-bond donors (Lipinski definition) is 2. The van der Waals surface area contributed by atoms with Crippen LogP contribution in [0.1, 0.15) is 33.1 Å². The molecule has 0 radical (unpaired) electrons. The summed E-state index contributed by atoms with van der Waals surface area (Å²) >= 11 is 0. The minimum absolute atomic E-state index is 0.241. The van der Waals surface area contributed by atoms with Gasteiger partial charge in [-0.3, -0.25) is 4.90 Å². The van der Waals surface area contributed by atoms with E-state index in [9.17, 15) is 18.3 Å². The third-order valence-electron chi connectivity index (χ3n) is 3.48. The van der Waals surface area contributed by atoms with E-state index in [0.717, 1.165) is 0 Å². The molecule has 2 atom stereocenters. The quantitative estimate of drug-likeness (QED) is 0.802. The van der Waals surface area contributed by atoms with Crippen molar-refractivity contribution in [2.45, 2.75) is 57.0 Å². The molecule has 1 aliphatic heterocycles. The van der Waals surface area contributed by atoms with Gasteiger partial charge in [-0.1, -0.05) is 6.92 Å². The van der Waals surface area contributed by atoms with Crippen LogP contribution in [0.15, 0.2) is 0 Å². The van der Waals surface area contributed by atoms with Gasteiger partial charge in [0.1, 0.15) is 6.04 Å². The van der Waals surface area contributed by atoms with Gasteiger partial charge in [0.25, 0.3) is 0 Å². The molecule has 0 amide bonds. The first kappa shape index (κ1) is 14.7. The summed E-state index contributed by atoms with van der Waals surface area (Å²) in [7, 11) is 0. The zero-order chi connectivity index (χ0) is 13.3. The third-order valence-corrected chi connectivity index (χ3v) is 3.48. The molecular weight excluding hydrogens is 233 g/mol. The molecule has 0 aromatic carbocycles. The molecule has 102 valence electrons. The van der Waals surface area contributed by atoms with Crippen LogP contribution in [0, 0.1) is 0 Å². The molecule has 0 spiro atoms. The van der Waals surface area contributed by atoms with E-state index >= 15 is 0 Å². The Morgan fingerprint density at radius 1 is 1.35 bits per heavy atom. The summed E-state index contributed by atoms with van der Waals surface area (Å²) in [4.78, 5) is 1.35. The van der Waals surface area contributed by atoms with E-state index in [4.69, 9.17) is 5.73 Å². The fraction of sp³-hybridized carbons (Fsp3) is 1.00. The SMILES string of the molecule is CCC(N)C(N1CCC(C)(O)CC1)C(F)(F)F. The van der Waals surface area contributed by atoms with E-state index in [1.54, 1.807) is 13.8 Å². The number of alkyl halides is 3. The maximum Gasteiger partial charge on any atom is 0.405 e. The molecule has 1 rings (SSSR count). The Hall–Kier alpha value is -0.330. The van der Waals surface area contributed by atoms with E-state index < -0.39 is 23.9 Å². The zero-order valence-electron chi connectivity index (χ0n) is 10.3. The fourth-order valence-corrected chi connectivity index (χ4v) is 2.23. The number of nitrogens with two attached hydrogens (primary N) is 1. The number of aliphatic hydroxyl groups is 1. The molecule has 0 aromatic heterocycles. The summed E-state index contributed by atoms with van der Waals surface area (Å²) in [5.41, 5.74) is 4.73. The van der Waals surface area contributed by atoms with Crippen LogP contribution in [-0.4, -0.2) is 47.0 Å². The number of halogens is 3. The first-order chi connectivity index (χ1) is 7.67. The molecular formula is C11H21F3N2O. The molecule has 1 aliphatic rings. The molecule has 3 nitrogen and oxygen atoms in total. The molecule has 6 heteroatoms. The molecule has 1 heterocycles. The Morgan fingerprint density at radius 2 is 1.82 bits per heavy atom. The molecule has 1 fully saturated rings. The zero-order valence-corrected chi connectivity index (χ0v) is 10.3. The normalized spacial score (nSPS) is 25.6. The van der Waals surface area contributed by atoms with E-state index in [-0.39, 0.29) is 19.5 Å². The van der Waals surface area contributed by atoms with Crippen molar-refractivity contribution in [2.24, 2.45) is 5.73 Å². The van der Waals surface area contributed by atoms with Crippen molar-refractivity contribution in [1.29, 1.82) is 0 Å². The highest BCUT2D eigenvalue weighted by Crippen LogP contribution is 2.31. The van der Waals surface area contributed by atoms with Gasteiger partial charge in [-0.25, -0.2) is 0 Å². The van der Waals surface area contributed by atoms with Gasteiger partial charge >= 0.3 is 6.18 Å². The standard InChI is InChI=1S/C11H21F3N2O/c1-3-8(15)9(11(12,13)14)16-6-4-10(2,17)5-7-16/h8-9,17H,3-7,15H2,1-2H3. The Bertz CT molecular complexity index is 246. The Morgan fingerprint density at radius 3 is 2.18 bits per heavy atom. The largest absolute Gasteiger partial charge is 0.405 e. The molecule has 17 heavy (non-hydrogen) atoms. The van der Waals surface area contributed by atoms with E-state index in [0.29, 0.717) is 12.8 Å². The molecule has 0 aliphatic carbocycles. The van der Waals surface area contributed by atoms with E-state index in [2.05, 4.69) is 0 Å². The maximum absolute atomic E-state index is 13.0. The fourth-order valence-electron chi connectivity index (χ4n) is 2.23. The lowest BCUT2D eigenvalue weighted by atomic mass is 9.91. The first-order valence-electron chi connectivity index (χ1n) is 5.96. The minimum atomic E-state index is -4.31. The highest BCUT2D eigenvalue weighted by Gasteiger charge is 2.48. The van der Waals surface area contributed by atoms with E-state index in [1.165, 1.54) is 4.90 Å². The maximum atomic E-state index is 13.0. The van der Waals surface area contributed by atoms with Gasteiger partial charge in [0, 0.05) is 19.1 Å². The van der Waals surface area contributed by atoms with Crippen molar-refractivity contribution >= 4 is 0 Å². The molecule has 0 bridgehead atoms. The van der Waals surface area contributed by atoms with Crippen LogP contribution in [-0.2, 0) is 0 Å². The van der Waals surface area contributed by atoms with Crippen LogP contribution in [0.3, 0.4) is 0 Å². The predicted octanol–water partition coefficient (Wildman–Crippen LogP) is 1.50. The lowest BCUT2D eigenvalue weighted by Gasteiger charge is -2.42. The third kappa shape index (κ3) is 3.82. The number of likely N-dealkylation sites (tertiary alicyclic amines) is 1. The van der Waals surface area contributed by atoms with Crippen molar-refractivity contribution in [1.82, 2.24) is 4.90 Å². The lowest BCUT2D eigenvalue weighted by Crippen LogP contribution is -2.59. The van der Waals surface area contributed by atoms with Crippen molar-refractivity contribution in [3.8, 4) is 0 Å². The monoisotopic (exact) mass is 254 g/mol. The second-order valence-electron chi connectivity index (χ2n) is 5.09. The van der Waals surface area contributed by atoms with Crippen molar-refractivity contribution in [3.63, 3.8) is 0 Å². The number of hydrogen-bond acceptors (Lipinski definition) is 3. The summed E-state index contributed by atoms with van der Waals surface area (Å²) in [5.74, 6) is 0. The second-order valence-corrected chi connectivity index (χ2v) is 5.09. The molecule has 3 N–H and O–H groups in total. The smallest absolute Gasteiger partial charge is 0.390 e. The average Bonchev–Trinajstić information content (AvgIpc) is 2.18. The Balaban J connectivity index is 2.73. The summed E-state index contributed by atoms with van der Waals surface area (Å²) in [6.45, 7) is 3.80. The average molecular weight is 254 g/mol. The highest BCUT2D eigenvalue weighted by molar-refractivity contribution is 4.92. The van der Waals surface area contributed by atoms with Crippen LogP contribution in [0.5, 0.6) is 0 Å². The summed E-state index contributed by atoms with van der Waals surface area (Å²) in [5, 5.41) is 9.73. The summed E-state index contributed by atoms with van der Waals surface area (Å²) in [6.07, 6.45) is -3.30. The van der Waals surface area contributed by atoms with Gasteiger partial charge in [-0.2, -0.15) is 13.2 Å². The van der Waals surface area contributed by atoms with Crippen molar-refractivity contribution < 1.29 is 18.3 Å². The van der Waals surface area contributed by atoms with Gasteiger partial charge in [0.05, 0.1) is 5.60 Å². The highest BCUT2D eigenvalue weighted by atomic mass is 19.4. The first-order valence-corrected chi connectivity index (χ1v) is 5.96. The van der Waals surface area contributed by atoms with Gasteiger partial charge < -0.3 is 10.8 Å². The van der Waals surface area contributed by atoms with Crippen LogP contribution >= 0.6 is 0 Å². The van der Waals surface area contributed by atoms with Gasteiger partial charge in [-0.05, 0) is 26.2 Å². The van der Waals surface area contributed by atoms with Crippen LogP contribution in [0.2, 0.25) is 0 Å². The Kier molecular flexibility index (Phi) is 4.43. The van der Waals surface area contributed by atoms with Crippen LogP contribution < -0.4 is 5.73 Å². The second kappa shape index (κ2) is 5.12. The minimum Gasteiger partial charge on any atom is -0.390 e. The number of piperidine rings is 1. The van der Waals surface area contributed by atoms with E-state index in [1.807, 2.05) is 0 Å². The summed E-state index contributed by atoms with van der Waals surface area (Å²) in [6, 6.07) is -2.50. The van der Waals surface area contributed by atoms with Crippen LogP contribution in [0.25, 0.3) is 0 Å². The lowest BCUT2D eigenvalue weighted by molar-refractivity contribution is -0.197. The molecule has 0 saturated carbocycles. The molecule has 0 aromatic rings. The van der Waals surface area contributed by atoms with Gasteiger partial charge in [0.15, 0.2) is 0 Å². The molecule has 2 unspecified atom stereocenters. The van der Waals surface area contributed by atoms with Crippen LogP contribution in [0.4, 0.5) is 13.2 Å². The van der Waals surface area contributed by atoms with Crippen molar-refractivity contribution in [2.75, 3.05) is 13.1 Å². The molecule has 1 saturated heterocycles. The van der Waals surface area contributed by atoms with Gasteiger partial charge in [0.2, 0.25) is 0 Å². The number of nitrogens with zero attached hydrogens (tertiary/aromatic N) is 1. The number of rotatable bonds is 3.